The standard InChI is InChI=1S/C12H19NO2/c1-5-8-13-11(14)7-6-10(4)12(15)9(2)3/h1,6-7,9-10,12,15H,8H2,2-4H3,(H,13,14)/b7-6+. The van der Waals surface area contributed by atoms with Gasteiger partial charge in [-0.2, -0.15) is 0 Å². The molecule has 0 bridgehead atoms. The largest absolute Gasteiger partial charge is 0.392 e. The van der Waals surface area contributed by atoms with Crippen molar-refractivity contribution in [3.8, 4) is 12.3 Å². The highest BCUT2D eigenvalue weighted by molar-refractivity contribution is 5.87. The van der Waals surface area contributed by atoms with E-state index in [9.17, 15) is 9.90 Å². The highest BCUT2D eigenvalue weighted by Gasteiger charge is 2.15. The first-order valence-corrected chi connectivity index (χ1v) is 5.06. The van der Waals surface area contributed by atoms with E-state index in [1.165, 1.54) is 6.08 Å². The fourth-order valence-electron chi connectivity index (χ4n) is 1.16. The number of hydrogen-bond donors (Lipinski definition) is 2. The van der Waals surface area contributed by atoms with Gasteiger partial charge in [0.05, 0.1) is 12.6 Å². The number of amides is 1. The zero-order valence-electron chi connectivity index (χ0n) is 9.53. The summed E-state index contributed by atoms with van der Waals surface area (Å²) >= 11 is 0. The Hall–Kier alpha value is -1.27. The number of carbonyl (C=O) groups is 1. The summed E-state index contributed by atoms with van der Waals surface area (Å²) in [5, 5.41) is 12.2. The van der Waals surface area contributed by atoms with Crippen LogP contribution in [0, 0.1) is 24.2 Å². The van der Waals surface area contributed by atoms with Gasteiger partial charge in [0, 0.05) is 5.92 Å². The molecule has 0 spiro atoms. The van der Waals surface area contributed by atoms with E-state index in [0.717, 1.165) is 0 Å². The molecule has 0 heterocycles. The number of aliphatic hydroxyl groups excluding tert-OH is 1. The molecule has 0 saturated carbocycles. The van der Waals surface area contributed by atoms with Crippen molar-refractivity contribution in [1.82, 2.24) is 5.32 Å². The highest BCUT2D eigenvalue weighted by Crippen LogP contribution is 2.13. The van der Waals surface area contributed by atoms with Gasteiger partial charge in [-0.1, -0.05) is 32.8 Å². The van der Waals surface area contributed by atoms with Crippen molar-refractivity contribution >= 4 is 5.91 Å². The van der Waals surface area contributed by atoms with E-state index in [-0.39, 0.29) is 24.3 Å². The third-order valence-electron chi connectivity index (χ3n) is 2.14. The van der Waals surface area contributed by atoms with E-state index in [2.05, 4.69) is 11.2 Å². The van der Waals surface area contributed by atoms with Crippen LogP contribution in [-0.2, 0) is 4.79 Å². The van der Waals surface area contributed by atoms with Crippen molar-refractivity contribution in [2.45, 2.75) is 26.9 Å². The Morgan fingerprint density at radius 1 is 1.53 bits per heavy atom. The molecule has 0 aromatic carbocycles. The smallest absolute Gasteiger partial charge is 0.244 e. The molecule has 15 heavy (non-hydrogen) atoms. The summed E-state index contributed by atoms with van der Waals surface area (Å²) < 4.78 is 0. The van der Waals surface area contributed by atoms with Gasteiger partial charge in [-0.15, -0.1) is 6.42 Å². The van der Waals surface area contributed by atoms with Crippen LogP contribution in [0.25, 0.3) is 0 Å². The van der Waals surface area contributed by atoms with Gasteiger partial charge in [0.1, 0.15) is 0 Å². The fraction of sp³-hybridized carbons (Fsp3) is 0.583. The molecule has 84 valence electrons. The molecule has 0 aliphatic heterocycles. The van der Waals surface area contributed by atoms with Gasteiger partial charge in [-0.25, -0.2) is 0 Å². The average Bonchev–Trinajstić information content (AvgIpc) is 2.21. The van der Waals surface area contributed by atoms with Crippen LogP contribution in [0.1, 0.15) is 20.8 Å². The number of aliphatic hydroxyl groups is 1. The molecule has 0 aliphatic rings. The van der Waals surface area contributed by atoms with E-state index in [1.807, 2.05) is 20.8 Å². The van der Waals surface area contributed by atoms with Crippen LogP contribution in [0.4, 0.5) is 0 Å². The topological polar surface area (TPSA) is 49.3 Å². The van der Waals surface area contributed by atoms with E-state index >= 15 is 0 Å². The normalized spacial score (nSPS) is 14.9. The van der Waals surface area contributed by atoms with E-state index in [0.29, 0.717) is 0 Å². The Morgan fingerprint density at radius 2 is 2.13 bits per heavy atom. The average molecular weight is 209 g/mol. The minimum Gasteiger partial charge on any atom is -0.392 e. The molecule has 0 saturated heterocycles. The number of nitrogens with one attached hydrogen (secondary N) is 1. The van der Waals surface area contributed by atoms with Gasteiger partial charge in [-0.3, -0.25) is 4.79 Å². The summed E-state index contributed by atoms with van der Waals surface area (Å²) in [4.78, 5) is 11.1. The number of carbonyl (C=O) groups excluding carboxylic acids is 1. The lowest BCUT2D eigenvalue weighted by molar-refractivity contribution is -0.116. The maximum Gasteiger partial charge on any atom is 0.244 e. The van der Waals surface area contributed by atoms with Gasteiger partial charge in [0.2, 0.25) is 5.91 Å². The first kappa shape index (κ1) is 13.7. The number of terminal acetylenes is 1. The quantitative estimate of drug-likeness (QED) is 0.523. The van der Waals surface area contributed by atoms with E-state index < -0.39 is 6.10 Å². The Morgan fingerprint density at radius 3 is 2.60 bits per heavy atom. The predicted octanol–water partition coefficient (Wildman–Crippen LogP) is 0.945. The molecule has 0 rings (SSSR count). The Labute approximate surface area is 91.6 Å². The summed E-state index contributed by atoms with van der Waals surface area (Å²) in [6.45, 7) is 5.97. The molecule has 0 aromatic heterocycles. The Kier molecular flexibility index (Phi) is 6.48. The van der Waals surface area contributed by atoms with Gasteiger partial charge in [-0.05, 0) is 12.0 Å². The van der Waals surface area contributed by atoms with Gasteiger partial charge in [0.25, 0.3) is 0 Å². The van der Waals surface area contributed by atoms with Crippen molar-refractivity contribution in [3.05, 3.63) is 12.2 Å². The number of rotatable bonds is 5. The Bertz CT molecular complexity index is 263. The van der Waals surface area contributed by atoms with E-state index in [4.69, 9.17) is 6.42 Å². The van der Waals surface area contributed by atoms with Crippen LogP contribution >= 0.6 is 0 Å². The summed E-state index contributed by atoms with van der Waals surface area (Å²) in [6.07, 6.45) is 7.66. The minimum absolute atomic E-state index is 0.0402. The zero-order valence-corrected chi connectivity index (χ0v) is 9.53. The van der Waals surface area contributed by atoms with Crippen molar-refractivity contribution < 1.29 is 9.90 Å². The third kappa shape index (κ3) is 5.92. The lowest BCUT2D eigenvalue weighted by atomic mass is 9.94. The van der Waals surface area contributed by atoms with Crippen molar-refractivity contribution in [3.63, 3.8) is 0 Å². The minimum atomic E-state index is -0.429. The van der Waals surface area contributed by atoms with Crippen LogP contribution in [0.2, 0.25) is 0 Å². The molecular formula is C12H19NO2. The maximum absolute atomic E-state index is 11.1. The second-order valence-electron chi connectivity index (χ2n) is 3.87. The highest BCUT2D eigenvalue weighted by atomic mass is 16.3. The molecule has 0 radical (unpaired) electrons. The van der Waals surface area contributed by atoms with Crippen LogP contribution < -0.4 is 5.32 Å². The molecular weight excluding hydrogens is 190 g/mol. The second kappa shape index (κ2) is 7.08. The fourth-order valence-corrected chi connectivity index (χ4v) is 1.16. The van der Waals surface area contributed by atoms with E-state index in [1.54, 1.807) is 6.08 Å². The van der Waals surface area contributed by atoms with Crippen molar-refractivity contribution in [2.24, 2.45) is 11.8 Å². The molecule has 2 N–H and O–H groups in total. The first-order valence-electron chi connectivity index (χ1n) is 5.06. The van der Waals surface area contributed by atoms with Crippen LogP contribution in [-0.4, -0.2) is 23.7 Å². The van der Waals surface area contributed by atoms with Crippen LogP contribution in [0.5, 0.6) is 0 Å². The monoisotopic (exact) mass is 209 g/mol. The Balaban J connectivity index is 4.05. The maximum atomic E-state index is 11.1. The first-order chi connectivity index (χ1) is 6.99. The zero-order chi connectivity index (χ0) is 11.8. The third-order valence-corrected chi connectivity index (χ3v) is 2.14. The molecule has 1 amide bonds. The molecule has 0 aliphatic carbocycles. The van der Waals surface area contributed by atoms with Crippen molar-refractivity contribution in [1.29, 1.82) is 0 Å². The van der Waals surface area contributed by atoms with Crippen molar-refractivity contribution in [2.75, 3.05) is 6.54 Å². The lowest BCUT2D eigenvalue weighted by Gasteiger charge is -2.18. The number of hydrogen-bond acceptors (Lipinski definition) is 2. The molecule has 3 heteroatoms. The molecule has 2 unspecified atom stereocenters. The second-order valence-corrected chi connectivity index (χ2v) is 3.87. The van der Waals surface area contributed by atoms with Crippen LogP contribution in [0.3, 0.4) is 0 Å². The van der Waals surface area contributed by atoms with Gasteiger partial charge in [0.15, 0.2) is 0 Å². The van der Waals surface area contributed by atoms with Crippen LogP contribution in [0.15, 0.2) is 12.2 Å². The summed E-state index contributed by atoms with van der Waals surface area (Å²) in [5.41, 5.74) is 0. The lowest BCUT2D eigenvalue weighted by Crippen LogP contribution is -2.24. The molecule has 0 fully saturated rings. The molecule has 2 atom stereocenters. The predicted molar refractivity (Wildman–Crippen MR) is 61.0 cm³/mol. The summed E-state index contributed by atoms with van der Waals surface area (Å²) in [7, 11) is 0. The SMILES string of the molecule is C#CCNC(=O)/C=C/C(C)C(O)C(C)C. The summed E-state index contributed by atoms with van der Waals surface area (Å²) in [5.74, 6) is 2.22. The molecule has 0 aromatic rings. The van der Waals surface area contributed by atoms with Gasteiger partial charge < -0.3 is 10.4 Å². The molecule has 3 nitrogen and oxygen atoms in total. The van der Waals surface area contributed by atoms with Gasteiger partial charge >= 0.3 is 0 Å². The summed E-state index contributed by atoms with van der Waals surface area (Å²) in [6, 6.07) is 0.